The number of nitrogens with zero attached hydrogens (tertiary/aromatic N) is 2. The summed E-state index contributed by atoms with van der Waals surface area (Å²) in [6, 6.07) is 71.5. The molecule has 0 fully saturated rings. The largest absolute Gasteiger partial charge is 0.310 e. The first-order valence-corrected chi connectivity index (χ1v) is 23.2. The monoisotopic (exact) mass is 824 g/mol. The van der Waals surface area contributed by atoms with Crippen molar-refractivity contribution < 1.29 is 0 Å². The van der Waals surface area contributed by atoms with Crippen LogP contribution < -0.4 is 9.80 Å². The van der Waals surface area contributed by atoms with Gasteiger partial charge < -0.3 is 9.80 Å². The number of anilines is 6. The number of benzene rings is 9. The van der Waals surface area contributed by atoms with Crippen LogP contribution in [0.25, 0.3) is 45.8 Å². The van der Waals surface area contributed by atoms with Crippen molar-refractivity contribution in [3.05, 3.63) is 239 Å². The van der Waals surface area contributed by atoms with Gasteiger partial charge in [-0.15, -0.1) is 0 Å². The summed E-state index contributed by atoms with van der Waals surface area (Å²) < 4.78 is 0. The van der Waals surface area contributed by atoms with Crippen molar-refractivity contribution in [3.63, 3.8) is 0 Å². The molecule has 9 aromatic carbocycles. The summed E-state index contributed by atoms with van der Waals surface area (Å²) in [7, 11) is 0. The van der Waals surface area contributed by atoms with Gasteiger partial charge in [-0.25, -0.2) is 0 Å². The molecule has 0 heterocycles. The smallest absolute Gasteiger partial charge is 0.0496 e. The number of para-hydroxylation sites is 2. The topological polar surface area (TPSA) is 6.48 Å². The first-order valence-electron chi connectivity index (χ1n) is 23.2. The minimum absolute atomic E-state index is 1.14. The summed E-state index contributed by atoms with van der Waals surface area (Å²) in [6.07, 6.45) is 18.6. The van der Waals surface area contributed by atoms with E-state index in [1.54, 1.807) is 0 Å². The van der Waals surface area contributed by atoms with Crippen LogP contribution in [0.1, 0.15) is 70.2 Å². The quantitative estimate of drug-likeness (QED) is 0.100. The molecule has 0 spiro atoms. The second kappa shape index (κ2) is 17.8. The van der Waals surface area contributed by atoms with Crippen molar-refractivity contribution in [2.75, 3.05) is 9.80 Å². The fourth-order valence-electron chi connectivity index (χ4n) is 10.0. The van der Waals surface area contributed by atoms with Crippen LogP contribution in [0, 0.1) is 0 Å². The maximum absolute atomic E-state index is 2.43. The zero-order chi connectivity index (χ0) is 42.7. The minimum Gasteiger partial charge on any atom is -0.310 e. The van der Waals surface area contributed by atoms with E-state index in [1.165, 1.54) is 139 Å². The van der Waals surface area contributed by atoms with E-state index in [9.17, 15) is 0 Å². The highest BCUT2D eigenvalue weighted by atomic mass is 15.1. The molecule has 0 bridgehead atoms. The molecule has 0 unspecified atom stereocenters. The lowest BCUT2D eigenvalue weighted by atomic mass is 9.90. The van der Waals surface area contributed by atoms with Crippen molar-refractivity contribution in [1.29, 1.82) is 0 Å². The molecular formula is C62H52N2. The van der Waals surface area contributed by atoms with Crippen LogP contribution in [0.15, 0.2) is 194 Å². The third-order valence-corrected chi connectivity index (χ3v) is 13.3. The molecule has 0 saturated carbocycles. The van der Waals surface area contributed by atoms with Gasteiger partial charge in [0.05, 0.1) is 0 Å². The summed E-state index contributed by atoms with van der Waals surface area (Å²) in [5.74, 6) is 0. The lowest BCUT2D eigenvalue weighted by molar-refractivity contribution is 0.686. The van der Waals surface area contributed by atoms with Crippen molar-refractivity contribution in [1.82, 2.24) is 0 Å². The first-order chi connectivity index (χ1) is 31.7. The Bertz CT molecular complexity index is 2930. The van der Waals surface area contributed by atoms with Crippen molar-refractivity contribution in [3.8, 4) is 0 Å². The standard InChI is InChI=1S/C62H52N2/c1-3-17-55(18-4-1)63(61-23-11-15-49-13-7-9-21-59(49)61)57-37-31-45(32-38-57)25-27-47-29-35-51-44-54-42-48(30-36-52(54)43-53(51)41-47)28-26-46-33-39-58(40-34-46)64(56-19-5-2-6-20-56)62-24-12-16-50-14-8-10-22-60(50)62/h1-6,11-12,15-20,23-44H,7-10,13-14,21-22H2/b27-25+,28-26+. The second-order valence-electron chi connectivity index (χ2n) is 17.5. The Morgan fingerprint density at radius 2 is 0.656 bits per heavy atom. The molecule has 0 N–H and O–H groups in total. The summed E-state index contributed by atoms with van der Waals surface area (Å²) in [5.41, 5.74) is 18.1. The lowest BCUT2D eigenvalue weighted by Crippen LogP contribution is -2.15. The highest BCUT2D eigenvalue weighted by molar-refractivity contribution is 6.00. The van der Waals surface area contributed by atoms with Gasteiger partial charge in [0, 0.05) is 34.1 Å². The summed E-state index contributed by atoms with van der Waals surface area (Å²) >= 11 is 0. The van der Waals surface area contributed by atoms with Gasteiger partial charge in [0.15, 0.2) is 0 Å². The SMILES string of the molecule is C(=C\c1ccc2cc3cc(/C=C/c4ccc(N(c5ccccc5)c5cccc6c5CCCC6)cc4)ccc3cc2c1)/c1ccc(N(c2ccccc2)c2cccc3c2CCCC3)cc1. The molecule has 64 heavy (non-hydrogen) atoms. The Morgan fingerprint density at radius 3 is 1.09 bits per heavy atom. The zero-order valence-corrected chi connectivity index (χ0v) is 36.3. The van der Waals surface area contributed by atoms with Crippen LogP contribution in [0.3, 0.4) is 0 Å². The van der Waals surface area contributed by atoms with E-state index >= 15 is 0 Å². The molecule has 0 atom stereocenters. The van der Waals surface area contributed by atoms with Gasteiger partial charge >= 0.3 is 0 Å². The Hall–Kier alpha value is -7.42. The van der Waals surface area contributed by atoms with Gasteiger partial charge in [0.2, 0.25) is 0 Å². The number of fused-ring (bicyclic) bond motifs is 4. The number of rotatable bonds is 10. The molecule has 310 valence electrons. The molecule has 2 heteroatoms. The highest BCUT2D eigenvalue weighted by Crippen LogP contribution is 2.42. The molecule has 0 aromatic heterocycles. The van der Waals surface area contributed by atoms with Crippen LogP contribution in [0.4, 0.5) is 34.1 Å². The number of hydrogen-bond acceptors (Lipinski definition) is 2. The Kier molecular flexibility index (Phi) is 10.9. The van der Waals surface area contributed by atoms with Crippen molar-refractivity contribution >= 4 is 80.0 Å². The molecule has 0 aliphatic heterocycles. The Labute approximate surface area is 378 Å². The van der Waals surface area contributed by atoms with E-state index in [4.69, 9.17) is 0 Å². The minimum atomic E-state index is 1.14. The number of hydrogen-bond donors (Lipinski definition) is 0. The van der Waals surface area contributed by atoms with Crippen molar-refractivity contribution in [2.24, 2.45) is 0 Å². The second-order valence-corrected chi connectivity index (χ2v) is 17.5. The van der Waals surface area contributed by atoms with E-state index in [0.29, 0.717) is 0 Å². The fraction of sp³-hybridized carbons (Fsp3) is 0.129. The molecule has 2 nitrogen and oxygen atoms in total. The molecule has 9 aromatic rings. The van der Waals surface area contributed by atoms with E-state index in [1.807, 2.05) is 0 Å². The average molecular weight is 825 g/mol. The molecule has 0 radical (unpaired) electrons. The van der Waals surface area contributed by atoms with Crippen molar-refractivity contribution in [2.45, 2.75) is 51.4 Å². The summed E-state index contributed by atoms with van der Waals surface area (Å²) in [5, 5.41) is 4.99. The third-order valence-electron chi connectivity index (χ3n) is 13.3. The molecular weight excluding hydrogens is 773 g/mol. The van der Waals surface area contributed by atoms with Crippen LogP contribution in [0.5, 0.6) is 0 Å². The molecule has 0 amide bonds. The van der Waals surface area contributed by atoms with E-state index < -0.39 is 0 Å². The number of aryl methyl sites for hydroxylation is 2. The zero-order valence-electron chi connectivity index (χ0n) is 36.3. The van der Waals surface area contributed by atoms with Gasteiger partial charge in [0.1, 0.15) is 0 Å². The van der Waals surface area contributed by atoms with Crippen LogP contribution in [0.2, 0.25) is 0 Å². The maximum Gasteiger partial charge on any atom is 0.0496 e. The molecule has 2 aliphatic carbocycles. The fourth-order valence-corrected chi connectivity index (χ4v) is 10.0. The average Bonchev–Trinajstić information content (AvgIpc) is 3.36. The lowest BCUT2D eigenvalue weighted by Gasteiger charge is -2.30. The predicted molar refractivity (Wildman–Crippen MR) is 275 cm³/mol. The van der Waals surface area contributed by atoms with Gasteiger partial charge in [0.25, 0.3) is 0 Å². The van der Waals surface area contributed by atoms with Crippen LogP contribution >= 0.6 is 0 Å². The van der Waals surface area contributed by atoms with Gasteiger partial charge in [-0.2, -0.15) is 0 Å². The predicted octanol–water partition coefficient (Wildman–Crippen LogP) is 17.0. The van der Waals surface area contributed by atoms with Crippen LogP contribution in [-0.2, 0) is 25.7 Å². The van der Waals surface area contributed by atoms with E-state index in [2.05, 4.69) is 228 Å². The highest BCUT2D eigenvalue weighted by Gasteiger charge is 2.21. The van der Waals surface area contributed by atoms with Gasteiger partial charge in [-0.05, 0) is 202 Å². The molecule has 2 aliphatic rings. The summed E-state index contributed by atoms with van der Waals surface area (Å²) in [4.78, 5) is 4.86. The maximum atomic E-state index is 2.43. The van der Waals surface area contributed by atoms with Gasteiger partial charge in [-0.1, -0.05) is 133 Å². The van der Waals surface area contributed by atoms with E-state index in [-0.39, 0.29) is 0 Å². The summed E-state index contributed by atoms with van der Waals surface area (Å²) in [6.45, 7) is 0. The van der Waals surface area contributed by atoms with Crippen LogP contribution in [-0.4, -0.2) is 0 Å². The molecule has 11 rings (SSSR count). The van der Waals surface area contributed by atoms with E-state index in [0.717, 1.165) is 12.8 Å². The normalized spacial score (nSPS) is 13.6. The Balaban J connectivity index is 0.801. The third kappa shape index (κ3) is 8.16. The van der Waals surface area contributed by atoms with Gasteiger partial charge in [-0.3, -0.25) is 0 Å². The first kappa shape index (κ1) is 39.4. The Morgan fingerprint density at radius 1 is 0.281 bits per heavy atom. The molecule has 0 saturated heterocycles.